The van der Waals surface area contributed by atoms with Crippen LogP contribution in [0.3, 0.4) is 0 Å². The third-order valence-corrected chi connectivity index (χ3v) is 4.56. The zero-order valence-corrected chi connectivity index (χ0v) is 12.0. The summed E-state index contributed by atoms with van der Waals surface area (Å²) < 4.78 is 14.5. The van der Waals surface area contributed by atoms with Crippen molar-refractivity contribution in [3.8, 4) is 0 Å². The van der Waals surface area contributed by atoms with Crippen LogP contribution in [0.15, 0.2) is 12.1 Å². The summed E-state index contributed by atoms with van der Waals surface area (Å²) in [5.41, 5.74) is 1.42. The van der Waals surface area contributed by atoms with E-state index in [2.05, 4.69) is 10.2 Å². The van der Waals surface area contributed by atoms with Gasteiger partial charge >= 0.3 is 0 Å². The molecule has 1 aromatic rings. The van der Waals surface area contributed by atoms with E-state index in [9.17, 15) is 4.39 Å². The van der Waals surface area contributed by atoms with Crippen molar-refractivity contribution in [2.45, 2.75) is 25.8 Å². The predicted molar refractivity (Wildman–Crippen MR) is 76.1 cm³/mol. The van der Waals surface area contributed by atoms with Gasteiger partial charge in [-0.25, -0.2) is 4.39 Å². The monoisotopic (exact) mass is 282 g/mol. The van der Waals surface area contributed by atoms with E-state index in [1.165, 1.54) is 12.8 Å². The highest BCUT2D eigenvalue weighted by molar-refractivity contribution is 6.31. The van der Waals surface area contributed by atoms with Crippen LogP contribution in [0.5, 0.6) is 0 Å². The molecule has 0 unspecified atom stereocenters. The fraction of sp³-hybridized carbons (Fsp3) is 0.600. The third kappa shape index (κ3) is 2.64. The summed E-state index contributed by atoms with van der Waals surface area (Å²) in [6.45, 7) is 5.73. The number of hydrogen-bond donors (Lipinski definition) is 1. The molecule has 104 valence electrons. The van der Waals surface area contributed by atoms with E-state index < -0.39 is 0 Å². The zero-order chi connectivity index (χ0) is 13.4. The molecule has 2 nitrogen and oxygen atoms in total. The minimum Gasteiger partial charge on any atom is -0.314 e. The maximum absolute atomic E-state index is 14.5. The van der Waals surface area contributed by atoms with Gasteiger partial charge in [-0.05, 0) is 37.3 Å². The lowest BCUT2D eigenvalue weighted by Gasteiger charge is -2.36. The number of rotatable bonds is 3. The number of piperazine rings is 1. The lowest BCUT2D eigenvalue weighted by molar-refractivity contribution is 0.153. The number of aryl methyl sites for hydroxylation is 1. The molecule has 0 bridgehead atoms. The topological polar surface area (TPSA) is 15.3 Å². The van der Waals surface area contributed by atoms with E-state index in [-0.39, 0.29) is 11.9 Å². The highest BCUT2D eigenvalue weighted by atomic mass is 35.5. The molecule has 1 heterocycles. The molecule has 2 aliphatic rings. The molecular weight excluding hydrogens is 263 g/mol. The molecule has 1 aliphatic carbocycles. The normalized spacial score (nSPS) is 22.5. The van der Waals surface area contributed by atoms with Gasteiger partial charge in [-0.2, -0.15) is 0 Å². The van der Waals surface area contributed by atoms with Crippen molar-refractivity contribution in [2.24, 2.45) is 5.92 Å². The minimum atomic E-state index is -0.108. The summed E-state index contributed by atoms with van der Waals surface area (Å²) in [5.74, 6) is 0.467. The Labute approximate surface area is 118 Å². The van der Waals surface area contributed by atoms with E-state index in [4.69, 9.17) is 11.6 Å². The molecule has 19 heavy (non-hydrogen) atoms. The van der Waals surface area contributed by atoms with Crippen molar-refractivity contribution < 1.29 is 4.39 Å². The minimum absolute atomic E-state index is 0.108. The molecule has 0 radical (unpaired) electrons. The molecule has 1 aliphatic heterocycles. The van der Waals surface area contributed by atoms with Crippen molar-refractivity contribution >= 4 is 11.6 Å². The molecule has 1 saturated heterocycles. The SMILES string of the molecule is Cc1ccc(Cl)c([C@@H](C2CC2)N2CCNCC2)c1F. The Morgan fingerprint density at radius 2 is 2.00 bits per heavy atom. The average molecular weight is 283 g/mol. The van der Waals surface area contributed by atoms with Gasteiger partial charge in [0.15, 0.2) is 0 Å². The van der Waals surface area contributed by atoms with E-state index in [0.29, 0.717) is 16.5 Å². The zero-order valence-electron chi connectivity index (χ0n) is 11.3. The molecule has 1 N–H and O–H groups in total. The van der Waals surface area contributed by atoms with E-state index >= 15 is 0 Å². The van der Waals surface area contributed by atoms with Crippen LogP contribution in [0, 0.1) is 18.7 Å². The standard InChI is InChI=1S/C15H20ClFN2/c1-10-2-5-12(16)13(14(10)17)15(11-3-4-11)19-8-6-18-7-9-19/h2,5,11,15,18H,3-4,6-9H2,1H3/t15-/m1/s1. The average Bonchev–Trinajstić information content (AvgIpc) is 3.24. The molecule has 1 atom stereocenters. The van der Waals surface area contributed by atoms with Crippen LogP contribution in [-0.4, -0.2) is 31.1 Å². The number of benzene rings is 1. The Hall–Kier alpha value is -0.640. The molecule has 3 rings (SSSR count). The first-order chi connectivity index (χ1) is 9.18. The van der Waals surface area contributed by atoms with Gasteiger partial charge in [0.2, 0.25) is 0 Å². The van der Waals surface area contributed by atoms with E-state index in [1.54, 1.807) is 6.07 Å². The Morgan fingerprint density at radius 1 is 1.32 bits per heavy atom. The number of hydrogen-bond acceptors (Lipinski definition) is 2. The molecule has 0 spiro atoms. The lowest BCUT2D eigenvalue weighted by Crippen LogP contribution is -2.46. The van der Waals surface area contributed by atoms with Crippen molar-refractivity contribution in [3.05, 3.63) is 34.1 Å². The summed E-state index contributed by atoms with van der Waals surface area (Å²) >= 11 is 6.31. The lowest BCUT2D eigenvalue weighted by atomic mass is 9.97. The highest BCUT2D eigenvalue weighted by Gasteiger charge is 2.39. The van der Waals surface area contributed by atoms with Gasteiger partial charge in [0, 0.05) is 42.8 Å². The molecule has 1 aromatic carbocycles. The molecular formula is C15H20ClFN2. The van der Waals surface area contributed by atoms with E-state index in [1.807, 2.05) is 13.0 Å². The summed E-state index contributed by atoms with van der Waals surface area (Å²) in [6.07, 6.45) is 2.39. The molecule has 4 heteroatoms. The first kappa shape index (κ1) is 13.3. The van der Waals surface area contributed by atoms with E-state index in [0.717, 1.165) is 31.7 Å². The van der Waals surface area contributed by atoms with Crippen LogP contribution in [0.2, 0.25) is 5.02 Å². The first-order valence-electron chi connectivity index (χ1n) is 7.07. The third-order valence-electron chi connectivity index (χ3n) is 4.23. The molecule has 0 aromatic heterocycles. The van der Waals surface area contributed by atoms with Crippen molar-refractivity contribution in [1.82, 2.24) is 10.2 Å². The Morgan fingerprint density at radius 3 is 2.63 bits per heavy atom. The molecule has 2 fully saturated rings. The second kappa shape index (κ2) is 5.39. The molecule has 0 amide bonds. The van der Waals surface area contributed by atoms with Crippen molar-refractivity contribution in [1.29, 1.82) is 0 Å². The van der Waals surface area contributed by atoms with Gasteiger partial charge in [0.05, 0.1) is 0 Å². The maximum atomic E-state index is 14.5. The van der Waals surface area contributed by atoms with Gasteiger partial charge in [0.25, 0.3) is 0 Å². The van der Waals surface area contributed by atoms with Crippen LogP contribution in [0.25, 0.3) is 0 Å². The van der Waals surface area contributed by atoms with Crippen LogP contribution in [0.4, 0.5) is 4.39 Å². The fourth-order valence-corrected chi connectivity index (χ4v) is 3.30. The number of halogens is 2. The Balaban J connectivity index is 1.97. The maximum Gasteiger partial charge on any atom is 0.132 e. The van der Waals surface area contributed by atoms with Crippen LogP contribution in [-0.2, 0) is 0 Å². The Kier molecular flexibility index (Phi) is 3.79. The van der Waals surface area contributed by atoms with Gasteiger partial charge in [-0.3, -0.25) is 4.90 Å². The van der Waals surface area contributed by atoms with Gasteiger partial charge in [-0.1, -0.05) is 17.7 Å². The van der Waals surface area contributed by atoms with Gasteiger partial charge in [0.1, 0.15) is 5.82 Å². The smallest absolute Gasteiger partial charge is 0.132 e. The summed E-state index contributed by atoms with van der Waals surface area (Å²) in [4.78, 5) is 2.40. The summed E-state index contributed by atoms with van der Waals surface area (Å²) in [5, 5.41) is 3.93. The number of nitrogens with one attached hydrogen (secondary N) is 1. The first-order valence-corrected chi connectivity index (χ1v) is 7.45. The highest BCUT2D eigenvalue weighted by Crippen LogP contribution is 2.47. The van der Waals surface area contributed by atoms with Gasteiger partial charge < -0.3 is 5.32 Å². The summed E-state index contributed by atoms with van der Waals surface area (Å²) in [6, 6.07) is 3.77. The largest absolute Gasteiger partial charge is 0.314 e. The summed E-state index contributed by atoms with van der Waals surface area (Å²) in [7, 11) is 0. The van der Waals surface area contributed by atoms with Gasteiger partial charge in [-0.15, -0.1) is 0 Å². The Bertz CT molecular complexity index is 467. The van der Waals surface area contributed by atoms with Crippen molar-refractivity contribution in [2.75, 3.05) is 26.2 Å². The van der Waals surface area contributed by atoms with Crippen LogP contribution >= 0.6 is 11.6 Å². The number of nitrogens with zero attached hydrogens (tertiary/aromatic N) is 1. The predicted octanol–water partition coefficient (Wildman–Crippen LogP) is 3.14. The molecule has 1 saturated carbocycles. The quantitative estimate of drug-likeness (QED) is 0.916. The second-order valence-corrected chi connectivity index (χ2v) is 6.07. The van der Waals surface area contributed by atoms with Crippen LogP contribution in [0.1, 0.15) is 30.0 Å². The van der Waals surface area contributed by atoms with Crippen molar-refractivity contribution in [3.63, 3.8) is 0 Å². The second-order valence-electron chi connectivity index (χ2n) is 5.66. The fourth-order valence-electron chi connectivity index (χ4n) is 3.04. The van der Waals surface area contributed by atoms with Crippen LogP contribution < -0.4 is 5.32 Å².